The van der Waals surface area contributed by atoms with Crippen LogP contribution in [0.3, 0.4) is 0 Å². The fourth-order valence-electron chi connectivity index (χ4n) is 16.4. The molecule has 4 nitrogen and oxygen atoms in total. The zero-order chi connectivity index (χ0) is 63.2. The molecular formula is C88H79BN4. The number of benzene rings is 11. The summed E-state index contributed by atoms with van der Waals surface area (Å²) in [5, 5.41) is 2.75. The molecule has 0 spiro atoms. The first-order chi connectivity index (χ1) is 45.1. The summed E-state index contributed by atoms with van der Waals surface area (Å²) >= 11 is 0. The molecule has 2 aromatic heterocycles. The van der Waals surface area contributed by atoms with E-state index >= 15 is 0 Å². The number of fused-ring (bicyclic) bond motifs is 10. The van der Waals surface area contributed by atoms with Gasteiger partial charge in [0.1, 0.15) is 0 Å². The van der Waals surface area contributed by atoms with Gasteiger partial charge in [-0.25, -0.2) is 0 Å². The maximum atomic E-state index is 2.76. The first-order valence-electron chi connectivity index (χ1n) is 34.0. The maximum absolute atomic E-state index is 2.76. The summed E-state index contributed by atoms with van der Waals surface area (Å²) in [6.07, 6.45) is 6.63. The van der Waals surface area contributed by atoms with Gasteiger partial charge < -0.3 is 18.9 Å². The van der Waals surface area contributed by atoms with Gasteiger partial charge in [0.2, 0.25) is 0 Å². The van der Waals surface area contributed by atoms with Gasteiger partial charge in [0.05, 0.1) is 22.4 Å². The van der Waals surface area contributed by atoms with Crippen molar-refractivity contribution in [3.05, 3.63) is 282 Å². The van der Waals surface area contributed by atoms with Gasteiger partial charge in [-0.2, -0.15) is 0 Å². The number of hydrogen-bond donors (Lipinski definition) is 0. The predicted molar refractivity (Wildman–Crippen MR) is 396 cm³/mol. The van der Waals surface area contributed by atoms with E-state index in [1.165, 1.54) is 167 Å². The van der Waals surface area contributed by atoms with Crippen molar-refractivity contribution in [3.63, 3.8) is 0 Å². The van der Waals surface area contributed by atoms with Crippen LogP contribution in [0, 0.1) is 0 Å². The molecule has 2 aliphatic carbocycles. The van der Waals surface area contributed by atoms with Gasteiger partial charge in [0.15, 0.2) is 0 Å². The van der Waals surface area contributed by atoms with Crippen molar-refractivity contribution in [2.24, 2.45) is 0 Å². The van der Waals surface area contributed by atoms with Gasteiger partial charge in [-0.1, -0.05) is 232 Å². The molecule has 0 saturated carbocycles. The monoisotopic (exact) mass is 1200 g/mol. The van der Waals surface area contributed by atoms with Crippen LogP contribution in [0.4, 0.5) is 34.1 Å². The summed E-state index contributed by atoms with van der Waals surface area (Å²) in [4.78, 5) is 5.52. The van der Waals surface area contributed by atoms with Crippen LogP contribution in [0.25, 0.3) is 77.7 Å². The van der Waals surface area contributed by atoms with Crippen LogP contribution in [0.2, 0.25) is 0 Å². The molecule has 0 fully saturated rings. The smallest absolute Gasteiger partial charge is 0.252 e. The van der Waals surface area contributed by atoms with Gasteiger partial charge in [-0.3, -0.25) is 0 Å². The van der Waals surface area contributed by atoms with E-state index in [4.69, 9.17) is 0 Å². The third kappa shape index (κ3) is 9.15. The van der Waals surface area contributed by atoms with Crippen molar-refractivity contribution < 1.29 is 0 Å². The highest BCUT2D eigenvalue weighted by Crippen LogP contribution is 2.56. The lowest BCUT2D eigenvalue weighted by Gasteiger charge is -2.47. The standard InChI is InChI=1S/C88H79BN4/c1-86(2,3)60-48-69(56-28-14-10-15-29-56)84(70(49-60)57-30-16-11-17-31-57)92-79-54-63(90-75-40-24-22-36-65(75)67-38-26-42-77(67)90)44-46-73(79)89-74-47-45-64(91-76-41-25-23-37-66(76)68-39-27-43-78(68)91)55-80(74)93(82-53-62(88(7,8)9)52-81(92)83(82)89)85-71(58-32-18-12-19-33-58)50-61(87(4,5)6)51-72(85)59-34-20-13-21-35-59/h10-25,28-37,40-41,44-55H,26-27,38-39,42-43H2,1-9H3. The van der Waals surface area contributed by atoms with Crippen LogP contribution >= 0.6 is 0 Å². The molecule has 4 aliphatic rings. The van der Waals surface area contributed by atoms with Gasteiger partial charge in [0, 0.05) is 78.5 Å². The Kier molecular flexibility index (Phi) is 13.1. The highest BCUT2D eigenvalue weighted by Gasteiger charge is 2.47. The number of aryl methyl sites for hydroxylation is 2. The fraction of sp³-hybridized carbons (Fsp3) is 0.205. The molecule has 11 aromatic carbocycles. The third-order valence-corrected chi connectivity index (χ3v) is 21.0. The number of hydrogen-bond acceptors (Lipinski definition) is 2. The second-order valence-corrected chi connectivity index (χ2v) is 29.8. The lowest BCUT2D eigenvalue weighted by Crippen LogP contribution is -2.61. The molecule has 0 saturated heterocycles. The van der Waals surface area contributed by atoms with Crippen molar-refractivity contribution in [3.8, 4) is 55.9 Å². The second kappa shape index (κ2) is 21.4. The van der Waals surface area contributed by atoms with E-state index in [-0.39, 0.29) is 23.0 Å². The Morgan fingerprint density at radius 3 is 0.978 bits per heavy atom. The zero-order valence-corrected chi connectivity index (χ0v) is 55.2. The topological polar surface area (TPSA) is 16.3 Å². The normalized spacial score (nSPS) is 14.2. The molecule has 0 atom stereocenters. The summed E-state index contributed by atoms with van der Waals surface area (Å²) in [5.41, 5.74) is 34.7. The number of anilines is 6. The minimum absolute atomic E-state index is 0.156. The van der Waals surface area contributed by atoms with Crippen LogP contribution in [0.1, 0.15) is 114 Å². The second-order valence-electron chi connectivity index (χ2n) is 29.8. The molecule has 454 valence electrons. The summed E-state index contributed by atoms with van der Waals surface area (Å²) in [6, 6.07) is 93.9. The first kappa shape index (κ1) is 57.1. The fourth-order valence-corrected chi connectivity index (χ4v) is 16.4. The highest BCUT2D eigenvalue weighted by molar-refractivity contribution is 7.00. The van der Waals surface area contributed by atoms with Crippen LogP contribution < -0.4 is 26.2 Å². The van der Waals surface area contributed by atoms with Crippen molar-refractivity contribution in [1.29, 1.82) is 0 Å². The minimum atomic E-state index is -0.279. The first-order valence-corrected chi connectivity index (χ1v) is 34.0. The van der Waals surface area contributed by atoms with Crippen LogP contribution in [0.5, 0.6) is 0 Å². The zero-order valence-electron chi connectivity index (χ0n) is 55.2. The van der Waals surface area contributed by atoms with E-state index in [9.17, 15) is 0 Å². The lowest BCUT2D eigenvalue weighted by molar-refractivity contribution is 0.590. The molecule has 0 N–H and O–H groups in total. The van der Waals surface area contributed by atoms with Gasteiger partial charge in [-0.05, 0) is 194 Å². The Morgan fingerprint density at radius 1 is 0.312 bits per heavy atom. The molecule has 0 radical (unpaired) electrons. The van der Waals surface area contributed by atoms with E-state index in [2.05, 4.69) is 324 Å². The number of aromatic nitrogens is 2. The number of para-hydroxylation sites is 2. The Hall–Kier alpha value is -9.84. The highest BCUT2D eigenvalue weighted by atomic mass is 15.2. The molecule has 17 rings (SSSR count). The van der Waals surface area contributed by atoms with E-state index in [1.54, 1.807) is 0 Å². The molecule has 5 heteroatoms. The molecule has 13 aromatic rings. The van der Waals surface area contributed by atoms with E-state index in [0.717, 1.165) is 38.5 Å². The summed E-state index contributed by atoms with van der Waals surface area (Å²) in [5.74, 6) is 0. The van der Waals surface area contributed by atoms with E-state index in [1.807, 2.05) is 0 Å². The number of nitrogens with zero attached hydrogens (tertiary/aromatic N) is 4. The molecular weight excluding hydrogens is 1120 g/mol. The quantitative estimate of drug-likeness (QED) is 0.141. The average molecular weight is 1200 g/mol. The van der Waals surface area contributed by atoms with Crippen LogP contribution in [-0.4, -0.2) is 15.8 Å². The predicted octanol–water partition coefficient (Wildman–Crippen LogP) is 21.2. The maximum Gasteiger partial charge on any atom is 0.252 e. The Morgan fingerprint density at radius 2 is 0.634 bits per heavy atom. The van der Waals surface area contributed by atoms with Crippen LogP contribution in [-0.2, 0) is 41.9 Å². The molecule has 0 unspecified atom stereocenters. The largest absolute Gasteiger partial charge is 0.313 e. The lowest BCUT2D eigenvalue weighted by atomic mass is 9.33. The third-order valence-electron chi connectivity index (χ3n) is 21.0. The SMILES string of the molecule is CC(C)(C)c1cc(-c2ccccc2)c(N2c3cc(-n4c5c(c6ccccc64)CCC5)ccc3B3c4ccc(-n5c6c(c7ccccc75)CCC6)cc4N(c4c(-c5ccccc5)cc(C(C)(C)C)cc4-c4ccccc4)c4cc(C(C)(C)C)cc2c43)c(-c2ccccc2)c1. The summed E-state index contributed by atoms with van der Waals surface area (Å²) < 4.78 is 5.25. The average Bonchev–Trinajstić information content (AvgIpc) is 1.60. The van der Waals surface area contributed by atoms with Gasteiger partial charge in [0.25, 0.3) is 6.71 Å². The minimum Gasteiger partial charge on any atom is -0.313 e. The van der Waals surface area contributed by atoms with Crippen molar-refractivity contribution in [2.75, 3.05) is 9.80 Å². The Bertz CT molecular complexity index is 4710. The molecule has 2 aliphatic heterocycles. The van der Waals surface area contributed by atoms with E-state index in [0.29, 0.717) is 0 Å². The Labute approximate surface area is 549 Å². The van der Waals surface area contributed by atoms with Gasteiger partial charge >= 0.3 is 0 Å². The van der Waals surface area contributed by atoms with Crippen molar-refractivity contribution in [2.45, 2.75) is 117 Å². The van der Waals surface area contributed by atoms with E-state index < -0.39 is 0 Å². The summed E-state index contributed by atoms with van der Waals surface area (Å²) in [6.45, 7) is 21.3. The molecule has 4 heterocycles. The van der Waals surface area contributed by atoms with Crippen molar-refractivity contribution >= 4 is 79.0 Å². The molecule has 0 bridgehead atoms. The summed E-state index contributed by atoms with van der Waals surface area (Å²) in [7, 11) is 0. The molecule has 93 heavy (non-hydrogen) atoms. The number of rotatable bonds is 8. The van der Waals surface area contributed by atoms with Gasteiger partial charge in [-0.15, -0.1) is 0 Å². The van der Waals surface area contributed by atoms with Crippen LogP contribution in [0.15, 0.2) is 243 Å². The van der Waals surface area contributed by atoms with Crippen molar-refractivity contribution in [1.82, 2.24) is 9.13 Å². The Balaban J connectivity index is 1.06. The molecule has 0 amide bonds.